The Hall–Kier alpha value is -1.02. The summed E-state index contributed by atoms with van der Waals surface area (Å²) in [5, 5.41) is 6.19. The highest BCUT2D eigenvalue weighted by molar-refractivity contribution is 7.09. The fourth-order valence-electron chi connectivity index (χ4n) is 2.52. The molecule has 0 unspecified atom stereocenters. The predicted molar refractivity (Wildman–Crippen MR) is 88.1 cm³/mol. The summed E-state index contributed by atoms with van der Waals surface area (Å²) in [4.78, 5) is 21.0. The molecule has 0 bridgehead atoms. The number of hydrogen-bond donors (Lipinski definition) is 1. The molecule has 0 atom stereocenters. The van der Waals surface area contributed by atoms with Crippen LogP contribution >= 0.6 is 11.3 Å². The quantitative estimate of drug-likeness (QED) is 0.714. The van der Waals surface area contributed by atoms with Gasteiger partial charge in [-0.05, 0) is 13.3 Å². The van der Waals surface area contributed by atoms with Crippen LogP contribution in [0.3, 0.4) is 0 Å². The van der Waals surface area contributed by atoms with Gasteiger partial charge in [0.25, 0.3) is 0 Å². The lowest BCUT2D eigenvalue weighted by Gasteiger charge is -2.33. The van der Waals surface area contributed by atoms with E-state index in [-0.39, 0.29) is 5.91 Å². The lowest BCUT2D eigenvalue weighted by atomic mass is 10.3. The first kappa shape index (κ1) is 17.3. The molecule has 7 heteroatoms. The van der Waals surface area contributed by atoms with E-state index in [1.165, 1.54) is 0 Å². The fraction of sp³-hybridized carbons (Fsp3) is 0.733. The molecule has 0 radical (unpaired) electrons. The largest absolute Gasteiger partial charge is 0.385 e. The zero-order chi connectivity index (χ0) is 15.8. The molecule has 1 N–H and O–H groups in total. The maximum Gasteiger partial charge on any atom is 0.234 e. The third-order valence-electron chi connectivity index (χ3n) is 3.73. The smallest absolute Gasteiger partial charge is 0.234 e. The van der Waals surface area contributed by atoms with E-state index in [4.69, 9.17) is 4.74 Å². The van der Waals surface area contributed by atoms with Gasteiger partial charge in [-0.2, -0.15) is 0 Å². The molecule has 6 nitrogen and oxygen atoms in total. The molecule has 1 aliphatic rings. The number of rotatable bonds is 8. The predicted octanol–water partition coefficient (Wildman–Crippen LogP) is 0.722. The van der Waals surface area contributed by atoms with Crippen LogP contribution < -0.4 is 5.32 Å². The standard InChI is InChI=1S/C15H26N4O2S/c1-13-17-14(12-22-13)10-18-5-7-19(8-6-18)11-15(20)16-4-3-9-21-2/h12H,3-11H2,1-2H3,(H,16,20). The first-order valence-electron chi connectivity index (χ1n) is 7.78. The van der Waals surface area contributed by atoms with Gasteiger partial charge in [-0.15, -0.1) is 11.3 Å². The average molecular weight is 326 g/mol. The van der Waals surface area contributed by atoms with Crippen LogP contribution in [0.5, 0.6) is 0 Å². The molecule has 0 aromatic carbocycles. The normalized spacial score (nSPS) is 16.8. The van der Waals surface area contributed by atoms with Crippen LogP contribution in [-0.2, 0) is 16.1 Å². The van der Waals surface area contributed by atoms with Gasteiger partial charge in [0, 0.05) is 58.4 Å². The second-order valence-electron chi connectivity index (χ2n) is 5.61. The van der Waals surface area contributed by atoms with Crippen LogP contribution in [-0.4, -0.2) is 73.7 Å². The molecule has 1 fully saturated rings. The molecule has 1 amide bonds. The van der Waals surface area contributed by atoms with E-state index < -0.39 is 0 Å². The molecule has 22 heavy (non-hydrogen) atoms. The molecule has 0 aliphatic carbocycles. The van der Waals surface area contributed by atoms with E-state index in [2.05, 4.69) is 25.5 Å². The van der Waals surface area contributed by atoms with Gasteiger partial charge >= 0.3 is 0 Å². The first-order chi connectivity index (χ1) is 10.7. The van der Waals surface area contributed by atoms with E-state index in [0.717, 1.165) is 49.8 Å². The fourth-order valence-corrected chi connectivity index (χ4v) is 3.12. The van der Waals surface area contributed by atoms with Crippen molar-refractivity contribution in [3.05, 3.63) is 16.1 Å². The number of carbonyl (C=O) groups excluding carboxylic acids is 1. The molecule has 1 aromatic heterocycles. The van der Waals surface area contributed by atoms with Gasteiger partial charge in [-0.25, -0.2) is 4.98 Å². The minimum Gasteiger partial charge on any atom is -0.385 e. The topological polar surface area (TPSA) is 57.7 Å². The van der Waals surface area contributed by atoms with Crippen LogP contribution in [0.25, 0.3) is 0 Å². The van der Waals surface area contributed by atoms with Gasteiger partial charge in [-0.1, -0.05) is 0 Å². The molecule has 0 spiro atoms. The van der Waals surface area contributed by atoms with Crippen molar-refractivity contribution in [1.29, 1.82) is 0 Å². The molecule has 2 heterocycles. The van der Waals surface area contributed by atoms with Crippen molar-refractivity contribution in [2.75, 3.05) is 53.0 Å². The lowest BCUT2D eigenvalue weighted by Crippen LogP contribution is -2.49. The van der Waals surface area contributed by atoms with E-state index in [1.807, 2.05) is 6.92 Å². The Labute approximate surface area is 136 Å². The summed E-state index contributed by atoms with van der Waals surface area (Å²) < 4.78 is 4.96. The van der Waals surface area contributed by atoms with Crippen LogP contribution in [0.15, 0.2) is 5.38 Å². The van der Waals surface area contributed by atoms with Crippen LogP contribution in [0.4, 0.5) is 0 Å². The van der Waals surface area contributed by atoms with Crippen molar-refractivity contribution >= 4 is 17.2 Å². The summed E-state index contributed by atoms with van der Waals surface area (Å²) in [6.07, 6.45) is 0.864. The van der Waals surface area contributed by atoms with Gasteiger partial charge in [0.1, 0.15) is 0 Å². The highest BCUT2D eigenvalue weighted by atomic mass is 32.1. The van der Waals surface area contributed by atoms with Gasteiger partial charge in [0.15, 0.2) is 0 Å². The summed E-state index contributed by atoms with van der Waals surface area (Å²) in [7, 11) is 1.67. The number of carbonyl (C=O) groups is 1. The van der Waals surface area contributed by atoms with E-state index in [0.29, 0.717) is 19.7 Å². The third kappa shape index (κ3) is 6.00. The molecular weight excluding hydrogens is 300 g/mol. The molecule has 1 saturated heterocycles. The Bertz CT molecular complexity index is 458. The Kier molecular flexibility index (Phi) is 7.24. The van der Waals surface area contributed by atoms with Crippen molar-refractivity contribution in [2.45, 2.75) is 19.9 Å². The van der Waals surface area contributed by atoms with Crippen molar-refractivity contribution in [2.24, 2.45) is 0 Å². The molecular formula is C15H26N4O2S. The second kappa shape index (κ2) is 9.19. The number of piperazine rings is 1. The molecule has 1 aliphatic heterocycles. The summed E-state index contributed by atoms with van der Waals surface area (Å²) in [6, 6.07) is 0. The number of thiazole rings is 1. The summed E-state index contributed by atoms with van der Waals surface area (Å²) in [5.74, 6) is 0.111. The monoisotopic (exact) mass is 326 g/mol. The molecule has 2 rings (SSSR count). The van der Waals surface area contributed by atoms with Gasteiger partial charge < -0.3 is 10.1 Å². The summed E-state index contributed by atoms with van der Waals surface area (Å²) in [5.41, 5.74) is 1.16. The summed E-state index contributed by atoms with van der Waals surface area (Å²) >= 11 is 1.70. The molecule has 0 saturated carbocycles. The molecule has 1 aromatic rings. The summed E-state index contributed by atoms with van der Waals surface area (Å²) in [6.45, 7) is 8.70. The van der Waals surface area contributed by atoms with Crippen LogP contribution in [0.2, 0.25) is 0 Å². The van der Waals surface area contributed by atoms with Gasteiger partial charge in [-0.3, -0.25) is 14.6 Å². The van der Waals surface area contributed by atoms with Crippen molar-refractivity contribution in [3.63, 3.8) is 0 Å². The molecule has 124 valence electrons. The maximum absolute atomic E-state index is 11.8. The number of aryl methyl sites for hydroxylation is 1. The minimum absolute atomic E-state index is 0.111. The number of amides is 1. The number of hydrogen-bond acceptors (Lipinski definition) is 6. The van der Waals surface area contributed by atoms with Crippen LogP contribution in [0.1, 0.15) is 17.1 Å². The average Bonchev–Trinajstić information content (AvgIpc) is 2.91. The Morgan fingerprint density at radius 3 is 2.73 bits per heavy atom. The van der Waals surface area contributed by atoms with E-state index in [1.54, 1.807) is 18.4 Å². The third-order valence-corrected chi connectivity index (χ3v) is 4.55. The van der Waals surface area contributed by atoms with Crippen molar-refractivity contribution < 1.29 is 9.53 Å². The van der Waals surface area contributed by atoms with Crippen molar-refractivity contribution in [1.82, 2.24) is 20.1 Å². The van der Waals surface area contributed by atoms with E-state index in [9.17, 15) is 4.79 Å². The first-order valence-corrected chi connectivity index (χ1v) is 8.66. The Morgan fingerprint density at radius 1 is 1.36 bits per heavy atom. The van der Waals surface area contributed by atoms with Crippen LogP contribution in [0, 0.1) is 6.92 Å². The maximum atomic E-state index is 11.8. The highest BCUT2D eigenvalue weighted by Crippen LogP contribution is 2.12. The number of aromatic nitrogens is 1. The Morgan fingerprint density at radius 2 is 2.09 bits per heavy atom. The Balaban J connectivity index is 1.61. The van der Waals surface area contributed by atoms with Crippen molar-refractivity contribution in [3.8, 4) is 0 Å². The number of ether oxygens (including phenoxy) is 1. The van der Waals surface area contributed by atoms with Gasteiger partial charge in [0.2, 0.25) is 5.91 Å². The zero-order valence-corrected chi connectivity index (χ0v) is 14.3. The minimum atomic E-state index is 0.111. The lowest BCUT2D eigenvalue weighted by molar-refractivity contribution is -0.122. The van der Waals surface area contributed by atoms with E-state index >= 15 is 0 Å². The number of nitrogens with one attached hydrogen (secondary N) is 1. The zero-order valence-electron chi connectivity index (χ0n) is 13.5. The number of methoxy groups -OCH3 is 1. The number of nitrogens with zero attached hydrogens (tertiary/aromatic N) is 3. The highest BCUT2D eigenvalue weighted by Gasteiger charge is 2.19. The van der Waals surface area contributed by atoms with Gasteiger partial charge in [0.05, 0.1) is 17.2 Å². The second-order valence-corrected chi connectivity index (χ2v) is 6.67. The SMILES string of the molecule is COCCCNC(=O)CN1CCN(Cc2csc(C)n2)CC1.